The van der Waals surface area contributed by atoms with E-state index in [9.17, 15) is 19.5 Å². The van der Waals surface area contributed by atoms with Gasteiger partial charge in [-0.15, -0.1) is 0 Å². The zero-order valence-corrected chi connectivity index (χ0v) is 20.2. The molecule has 4 aromatic carbocycles. The number of carbonyl (C=O) groups excluding carboxylic acids is 3. The van der Waals surface area contributed by atoms with E-state index in [-0.39, 0.29) is 17.1 Å². The molecule has 0 spiro atoms. The van der Waals surface area contributed by atoms with Crippen LogP contribution < -0.4 is 14.4 Å². The van der Waals surface area contributed by atoms with E-state index < -0.39 is 23.7 Å². The van der Waals surface area contributed by atoms with E-state index >= 15 is 0 Å². The summed E-state index contributed by atoms with van der Waals surface area (Å²) in [5.74, 6) is -1.54. The molecule has 7 heteroatoms. The minimum Gasteiger partial charge on any atom is -0.507 e. The van der Waals surface area contributed by atoms with Gasteiger partial charge in [0.25, 0.3) is 11.7 Å². The molecule has 0 radical (unpaired) electrons. The van der Waals surface area contributed by atoms with Gasteiger partial charge in [0.2, 0.25) is 0 Å². The molecule has 0 aromatic heterocycles. The number of ether oxygens (including phenoxy) is 2. The molecular weight excluding hydrogens is 470 g/mol. The fraction of sp³-hybridized carbons (Fsp3) is 0.100. The standard InChI is InChI=1S/C30H23NO6/c1-18(32)37-23-10-5-9-20(17-23)27-26(28(33)25-12-6-8-19-7-3-4-11-24(19)25)29(34)30(35)31(27)21-13-15-22(36-2)16-14-21/h3-17,27,33H,1-2H3/b28-26-. The molecular formula is C30H23NO6. The molecule has 5 rings (SSSR count). The van der Waals surface area contributed by atoms with E-state index in [0.29, 0.717) is 22.6 Å². The number of esters is 1. The SMILES string of the molecule is COc1ccc(N2C(=O)C(=O)/C(=C(\O)c3cccc4ccccc34)C2c2cccc(OC(C)=O)c2)cc1. The van der Waals surface area contributed by atoms with Crippen LogP contribution in [-0.4, -0.2) is 29.9 Å². The number of nitrogens with zero attached hydrogens (tertiary/aromatic N) is 1. The maximum absolute atomic E-state index is 13.5. The Kier molecular flexibility index (Phi) is 6.19. The van der Waals surface area contributed by atoms with Crippen molar-refractivity contribution in [2.45, 2.75) is 13.0 Å². The largest absolute Gasteiger partial charge is 0.507 e. The second-order valence-corrected chi connectivity index (χ2v) is 8.56. The van der Waals surface area contributed by atoms with Crippen LogP contribution in [0.25, 0.3) is 16.5 Å². The van der Waals surface area contributed by atoms with Gasteiger partial charge in [0, 0.05) is 18.2 Å². The fourth-order valence-electron chi connectivity index (χ4n) is 4.65. The highest BCUT2D eigenvalue weighted by atomic mass is 16.5. The summed E-state index contributed by atoms with van der Waals surface area (Å²) in [6, 6.07) is 25.2. The second kappa shape index (κ2) is 9.62. The lowest BCUT2D eigenvalue weighted by atomic mass is 9.93. The number of hydrogen-bond acceptors (Lipinski definition) is 6. The smallest absolute Gasteiger partial charge is 0.308 e. The van der Waals surface area contributed by atoms with E-state index in [4.69, 9.17) is 9.47 Å². The first-order valence-corrected chi connectivity index (χ1v) is 11.6. The lowest BCUT2D eigenvalue weighted by molar-refractivity contribution is -0.132. The fourth-order valence-corrected chi connectivity index (χ4v) is 4.65. The Hall–Kier alpha value is -4.91. The summed E-state index contributed by atoms with van der Waals surface area (Å²) in [5, 5.41) is 13.2. The normalized spacial score (nSPS) is 16.7. The highest BCUT2D eigenvalue weighted by Gasteiger charge is 2.47. The summed E-state index contributed by atoms with van der Waals surface area (Å²) < 4.78 is 10.5. The Morgan fingerprint density at radius 2 is 1.57 bits per heavy atom. The summed E-state index contributed by atoms with van der Waals surface area (Å²) in [6.45, 7) is 1.29. The Bertz CT molecular complexity index is 1570. The summed E-state index contributed by atoms with van der Waals surface area (Å²) in [4.78, 5) is 39.8. The highest BCUT2D eigenvalue weighted by Crippen LogP contribution is 2.43. The lowest BCUT2D eigenvalue weighted by Crippen LogP contribution is -2.29. The molecule has 1 heterocycles. The number of benzene rings is 4. The molecule has 1 saturated heterocycles. The molecule has 1 N–H and O–H groups in total. The van der Waals surface area contributed by atoms with Crippen LogP contribution in [0.4, 0.5) is 5.69 Å². The first-order valence-electron chi connectivity index (χ1n) is 11.6. The van der Waals surface area contributed by atoms with Crippen molar-refractivity contribution in [1.29, 1.82) is 0 Å². The molecule has 1 amide bonds. The molecule has 1 aliphatic rings. The van der Waals surface area contributed by atoms with Crippen LogP contribution in [0.15, 0.2) is 96.6 Å². The number of Topliss-reactive ketones (excluding diaryl/α,β-unsaturated/α-hetero) is 1. The maximum atomic E-state index is 13.5. The molecule has 0 bridgehead atoms. The van der Waals surface area contributed by atoms with Crippen LogP contribution in [0.2, 0.25) is 0 Å². The summed E-state index contributed by atoms with van der Waals surface area (Å²) in [6.07, 6.45) is 0. The van der Waals surface area contributed by atoms with Gasteiger partial charge in [-0.25, -0.2) is 0 Å². The zero-order valence-electron chi connectivity index (χ0n) is 20.2. The van der Waals surface area contributed by atoms with E-state index in [1.54, 1.807) is 60.7 Å². The molecule has 1 unspecified atom stereocenters. The van der Waals surface area contributed by atoms with Crippen molar-refractivity contribution in [3.05, 3.63) is 108 Å². The van der Waals surface area contributed by atoms with Gasteiger partial charge in [0.15, 0.2) is 0 Å². The molecule has 7 nitrogen and oxygen atoms in total. The number of methoxy groups -OCH3 is 1. The summed E-state index contributed by atoms with van der Waals surface area (Å²) in [5.41, 5.74) is 1.32. The number of ketones is 1. The third-order valence-corrected chi connectivity index (χ3v) is 6.28. The van der Waals surface area contributed by atoms with Crippen molar-refractivity contribution in [3.8, 4) is 11.5 Å². The summed E-state index contributed by atoms with van der Waals surface area (Å²) >= 11 is 0. The molecule has 1 fully saturated rings. The Labute approximate surface area is 213 Å². The van der Waals surface area contributed by atoms with Crippen LogP contribution >= 0.6 is 0 Å². The molecule has 1 atom stereocenters. The minimum atomic E-state index is -0.970. The number of anilines is 1. The average molecular weight is 494 g/mol. The number of amides is 1. The molecule has 4 aromatic rings. The van der Waals surface area contributed by atoms with E-state index in [1.165, 1.54) is 18.9 Å². The third kappa shape index (κ3) is 4.31. The van der Waals surface area contributed by atoms with Gasteiger partial charge in [-0.1, -0.05) is 54.6 Å². The van der Waals surface area contributed by atoms with Crippen LogP contribution in [0.1, 0.15) is 24.1 Å². The van der Waals surface area contributed by atoms with Gasteiger partial charge < -0.3 is 14.6 Å². The molecule has 37 heavy (non-hydrogen) atoms. The molecule has 0 aliphatic carbocycles. The van der Waals surface area contributed by atoms with Crippen molar-refractivity contribution in [1.82, 2.24) is 0 Å². The van der Waals surface area contributed by atoms with E-state index in [1.807, 2.05) is 30.3 Å². The van der Waals surface area contributed by atoms with Crippen molar-refractivity contribution < 1.29 is 29.0 Å². The van der Waals surface area contributed by atoms with Gasteiger partial charge in [0.05, 0.1) is 18.7 Å². The van der Waals surface area contributed by atoms with Crippen LogP contribution in [-0.2, 0) is 14.4 Å². The van der Waals surface area contributed by atoms with Crippen molar-refractivity contribution >= 4 is 39.9 Å². The second-order valence-electron chi connectivity index (χ2n) is 8.56. The predicted octanol–water partition coefficient (Wildman–Crippen LogP) is 5.40. The third-order valence-electron chi connectivity index (χ3n) is 6.28. The molecule has 184 valence electrons. The molecule has 0 saturated carbocycles. The predicted molar refractivity (Wildman–Crippen MR) is 139 cm³/mol. The van der Waals surface area contributed by atoms with Crippen LogP contribution in [0.5, 0.6) is 11.5 Å². The maximum Gasteiger partial charge on any atom is 0.308 e. The van der Waals surface area contributed by atoms with Gasteiger partial charge in [-0.2, -0.15) is 0 Å². The van der Waals surface area contributed by atoms with Crippen molar-refractivity contribution in [2.75, 3.05) is 12.0 Å². The summed E-state index contributed by atoms with van der Waals surface area (Å²) in [7, 11) is 1.53. The van der Waals surface area contributed by atoms with Gasteiger partial charge in [-0.05, 0) is 52.7 Å². The lowest BCUT2D eigenvalue weighted by Gasteiger charge is -2.26. The number of aliphatic hydroxyl groups is 1. The number of carbonyl (C=O) groups is 3. The zero-order chi connectivity index (χ0) is 26.1. The first kappa shape index (κ1) is 23.8. The highest BCUT2D eigenvalue weighted by molar-refractivity contribution is 6.51. The van der Waals surface area contributed by atoms with E-state index in [0.717, 1.165) is 10.8 Å². The number of hydrogen-bond donors (Lipinski definition) is 1. The van der Waals surface area contributed by atoms with Crippen molar-refractivity contribution in [2.24, 2.45) is 0 Å². The first-order chi connectivity index (χ1) is 17.9. The Morgan fingerprint density at radius 3 is 2.30 bits per heavy atom. The number of rotatable bonds is 5. The number of fused-ring (bicyclic) bond motifs is 1. The van der Waals surface area contributed by atoms with Gasteiger partial charge in [-0.3, -0.25) is 19.3 Å². The Morgan fingerprint density at radius 1 is 0.865 bits per heavy atom. The monoisotopic (exact) mass is 493 g/mol. The topological polar surface area (TPSA) is 93.1 Å². The Balaban J connectivity index is 1.75. The van der Waals surface area contributed by atoms with Crippen LogP contribution in [0.3, 0.4) is 0 Å². The minimum absolute atomic E-state index is 0.0582. The van der Waals surface area contributed by atoms with E-state index in [2.05, 4.69) is 0 Å². The van der Waals surface area contributed by atoms with Crippen LogP contribution in [0, 0.1) is 0 Å². The quantitative estimate of drug-likeness (QED) is 0.132. The van der Waals surface area contributed by atoms with Gasteiger partial charge >= 0.3 is 5.97 Å². The van der Waals surface area contributed by atoms with Gasteiger partial charge in [0.1, 0.15) is 17.3 Å². The average Bonchev–Trinajstić information content (AvgIpc) is 3.18. The van der Waals surface area contributed by atoms with Crippen molar-refractivity contribution in [3.63, 3.8) is 0 Å². The number of aliphatic hydroxyl groups excluding tert-OH is 1. The molecule has 1 aliphatic heterocycles.